The first-order valence-electron chi connectivity index (χ1n) is 10.9. The Balaban J connectivity index is 1.43. The molecule has 0 saturated carbocycles. The summed E-state index contributed by atoms with van der Waals surface area (Å²) in [7, 11) is 1.62. The molecule has 9 heteroatoms. The van der Waals surface area contributed by atoms with Crippen molar-refractivity contribution < 1.29 is 19.0 Å². The number of fused-ring (bicyclic) bond motifs is 1. The zero-order chi connectivity index (χ0) is 23.2. The monoisotopic (exact) mass is 468 g/mol. The summed E-state index contributed by atoms with van der Waals surface area (Å²) in [5, 5.41) is 12.0. The second-order valence-corrected chi connectivity index (χ2v) is 8.96. The molecule has 1 aromatic heterocycles. The molecule has 33 heavy (non-hydrogen) atoms. The molecule has 0 saturated heterocycles. The predicted octanol–water partition coefficient (Wildman–Crippen LogP) is 4.04. The first-order chi connectivity index (χ1) is 16.0. The van der Waals surface area contributed by atoms with Crippen molar-refractivity contribution in [1.82, 2.24) is 20.1 Å². The SMILES string of the molecule is COc1cccc(-n2cnnc2SCC(=O)NC(c2ccc3c(c2)OCCCO3)C(C)C)c1. The van der Waals surface area contributed by atoms with Crippen LogP contribution in [0.1, 0.15) is 31.9 Å². The maximum absolute atomic E-state index is 12.9. The number of aromatic nitrogens is 3. The van der Waals surface area contributed by atoms with Crippen LogP contribution < -0.4 is 19.5 Å². The first kappa shape index (κ1) is 23.0. The van der Waals surface area contributed by atoms with Gasteiger partial charge < -0.3 is 19.5 Å². The average Bonchev–Trinajstić information content (AvgIpc) is 3.17. The Bertz CT molecular complexity index is 1100. The summed E-state index contributed by atoms with van der Waals surface area (Å²) in [5.74, 6) is 2.55. The van der Waals surface area contributed by atoms with E-state index < -0.39 is 0 Å². The third kappa shape index (κ3) is 5.60. The molecule has 0 spiro atoms. The van der Waals surface area contributed by atoms with Crippen molar-refractivity contribution in [3.63, 3.8) is 0 Å². The first-order valence-corrected chi connectivity index (χ1v) is 11.9. The largest absolute Gasteiger partial charge is 0.497 e. The van der Waals surface area contributed by atoms with Crippen molar-refractivity contribution in [2.75, 3.05) is 26.1 Å². The molecule has 3 aromatic rings. The highest BCUT2D eigenvalue weighted by atomic mass is 32.2. The fourth-order valence-corrected chi connectivity index (χ4v) is 4.35. The summed E-state index contributed by atoms with van der Waals surface area (Å²) in [4.78, 5) is 12.9. The number of thioether (sulfide) groups is 1. The number of nitrogens with one attached hydrogen (secondary N) is 1. The number of rotatable bonds is 8. The van der Waals surface area contributed by atoms with Gasteiger partial charge in [0.05, 0.1) is 37.8 Å². The van der Waals surface area contributed by atoms with E-state index in [4.69, 9.17) is 14.2 Å². The van der Waals surface area contributed by atoms with Crippen molar-refractivity contribution in [3.8, 4) is 22.9 Å². The van der Waals surface area contributed by atoms with Gasteiger partial charge in [0.1, 0.15) is 12.1 Å². The summed E-state index contributed by atoms with van der Waals surface area (Å²) in [5.41, 5.74) is 1.86. The lowest BCUT2D eigenvalue weighted by Crippen LogP contribution is -2.33. The van der Waals surface area contributed by atoms with Crippen LogP contribution in [0.5, 0.6) is 17.2 Å². The number of carbonyl (C=O) groups excluding carboxylic acids is 1. The van der Waals surface area contributed by atoms with Crippen LogP contribution in [0.15, 0.2) is 53.9 Å². The predicted molar refractivity (Wildman–Crippen MR) is 126 cm³/mol. The Hall–Kier alpha value is -3.20. The van der Waals surface area contributed by atoms with Gasteiger partial charge in [-0.2, -0.15) is 0 Å². The van der Waals surface area contributed by atoms with Crippen LogP contribution in [0.3, 0.4) is 0 Å². The van der Waals surface area contributed by atoms with E-state index in [0.29, 0.717) is 18.4 Å². The van der Waals surface area contributed by atoms with E-state index in [1.165, 1.54) is 11.8 Å². The van der Waals surface area contributed by atoms with Crippen molar-refractivity contribution in [1.29, 1.82) is 0 Å². The fourth-order valence-electron chi connectivity index (χ4n) is 3.61. The molecule has 0 radical (unpaired) electrons. The van der Waals surface area contributed by atoms with Gasteiger partial charge in [0.2, 0.25) is 5.91 Å². The number of hydrogen-bond donors (Lipinski definition) is 1. The Morgan fingerprint density at radius 2 is 2.00 bits per heavy atom. The molecule has 1 N–H and O–H groups in total. The van der Waals surface area contributed by atoms with E-state index in [1.54, 1.807) is 13.4 Å². The molecule has 1 aliphatic rings. The summed E-state index contributed by atoms with van der Waals surface area (Å²) in [6.45, 7) is 5.44. The van der Waals surface area contributed by atoms with E-state index in [-0.39, 0.29) is 23.6 Å². The number of ether oxygens (including phenoxy) is 3. The highest BCUT2D eigenvalue weighted by Gasteiger charge is 2.22. The molecule has 0 aliphatic carbocycles. The van der Waals surface area contributed by atoms with Gasteiger partial charge >= 0.3 is 0 Å². The number of nitrogens with zero attached hydrogens (tertiary/aromatic N) is 3. The van der Waals surface area contributed by atoms with E-state index in [0.717, 1.165) is 34.9 Å². The zero-order valence-corrected chi connectivity index (χ0v) is 19.8. The van der Waals surface area contributed by atoms with Gasteiger partial charge in [0, 0.05) is 12.5 Å². The zero-order valence-electron chi connectivity index (χ0n) is 19.0. The highest BCUT2D eigenvalue weighted by Crippen LogP contribution is 2.34. The minimum atomic E-state index is -0.147. The summed E-state index contributed by atoms with van der Waals surface area (Å²) < 4.78 is 18.7. The van der Waals surface area contributed by atoms with E-state index in [1.807, 2.05) is 47.0 Å². The third-order valence-corrected chi connectivity index (χ3v) is 6.24. The van der Waals surface area contributed by atoms with Gasteiger partial charge in [-0.25, -0.2) is 0 Å². The van der Waals surface area contributed by atoms with Crippen LogP contribution in [0.4, 0.5) is 0 Å². The lowest BCUT2D eigenvalue weighted by Gasteiger charge is -2.24. The van der Waals surface area contributed by atoms with Gasteiger partial charge in [0.15, 0.2) is 16.7 Å². The Morgan fingerprint density at radius 3 is 2.79 bits per heavy atom. The van der Waals surface area contributed by atoms with Gasteiger partial charge in [-0.3, -0.25) is 9.36 Å². The second-order valence-electron chi connectivity index (χ2n) is 8.02. The van der Waals surface area contributed by atoms with Gasteiger partial charge in [-0.05, 0) is 35.7 Å². The molecule has 0 fully saturated rings. The standard InChI is InChI=1S/C24H28N4O4S/c1-16(2)23(17-8-9-20-21(12-17)32-11-5-10-31-20)26-22(29)14-33-24-27-25-15-28(24)18-6-4-7-19(13-18)30-3/h4,6-9,12-13,15-16,23H,5,10-11,14H2,1-3H3,(H,26,29). The molecule has 0 bridgehead atoms. The summed E-state index contributed by atoms with van der Waals surface area (Å²) >= 11 is 1.34. The van der Waals surface area contributed by atoms with Crippen molar-refractivity contribution in [3.05, 3.63) is 54.4 Å². The minimum Gasteiger partial charge on any atom is -0.497 e. The third-order valence-electron chi connectivity index (χ3n) is 5.29. The number of methoxy groups -OCH3 is 1. The summed E-state index contributed by atoms with van der Waals surface area (Å²) in [6, 6.07) is 13.3. The fraction of sp³-hybridized carbons (Fsp3) is 0.375. The van der Waals surface area contributed by atoms with Gasteiger partial charge in [0.25, 0.3) is 0 Å². The van der Waals surface area contributed by atoms with Crippen LogP contribution in [0.25, 0.3) is 5.69 Å². The Morgan fingerprint density at radius 1 is 1.18 bits per heavy atom. The maximum Gasteiger partial charge on any atom is 0.230 e. The molecule has 1 unspecified atom stereocenters. The van der Waals surface area contributed by atoms with E-state index in [2.05, 4.69) is 29.4 Å². The molecular formula is C24H28N4O4S. The highest BCUT2D eigenvalue weighted by molar-refractivity contribution is 7.99. The topological polar surface area (TPSA) is 87.5 Å². The molecule has 174 valence electrons. The average molecular weight is 469 g/mol. The Labute approximate surface area is 197 Å². The lowest BCUT2D eigenvalue weighted by molar-refractivity contribution is -0.119. The smallest absolute Gasteiger partial charge is 0.230 e. The minimum absolute atomic E-state index is 0.0778. The maximum atomic E-state index is 12.9. The van der Waals surface area contributed by atoms with Crippen LogP contribution >= 0.6 is 11.8 Å². The quantitative estimate of drug-likeness (QED) is 0.499. The number of carbonyl (C=O) groups is 1. The lowest BCUT2D eigenvalue weighted by atomic mass is 9.95. The summed E-state index contributed by atoms with van der Waals surface area (Å²) in [6.07, 6.45) is 2.48. The van der Waals surface area contributed by atoms with Crippen molar-refractivity contribution in [2.45, 2.75) is 31.5 Å². The molecular weight excluding hydrogens is 440 g/mol. The Kier molecular flexibility index (Phi) is 7.39. The molecule has 1 aliphatic heterocycles. The van der Waals surface area contributed by atoms with E-state index >= 15 is 0 Å². The van der Waals surface area contributed by atoms with Gasteiger partial charge in [-0.1, -0.05) is 37.7 Å². The van der Waals surface area contributed by atoms with Crippen molar-refractivity contribution in [2.24, 2.45) is 5.92 Å². The molecule has 8 nitrogen and oxygen atoms in total. The molecule has 2 aromatic carbocycles. The van der Waals surface area contributed by atoms with Crippen molar-refractivity contribution >= 4 is 17.7 Å². The second kappa shape index (κ2) is 10.6. The molecule has 1 amide bonds. The molecule has 2 heterocycles. The van der Waals surface area contributed by atoms with Crippen LogP contribution in [0.2, 0.25) is 0 Å². The van der Waals surface area contributed by atoms with Crippen LogP contribution in [-0.2, 0) is 4.79 Å². The normalized spacial score (nSPS) is 13.9. The molecule has 4 rings (SSSR count). The number of hydrogen-bond acceptors (Lipinski definition) is 7. The van der Waals surface area contributed by atoms with Gasteiger partial charge in [-0.15, -0.1) is 10.2 Å². The van der Waals surface area contributed by atoms with Crippen LogP contribution in [0, 0.1) is 5.92 Å². The molecule has 1 atom stereocenters. The van der Waals surface area contributed by atoms with E-state index in [9.17, 15) is 4.79 Å². The number of benzene rings is 2. The number of amides is 1. The van der Waals surface area contributed by atoms with Crippen LogP contribution in [-0.4, -0.2) is 46.7 Å².